The van der Waals surface area contributed by atoms with Crippen molar-refractivity contribution in [2.24, 2.45) is 0 Å². The maximum absolute atomic E-state index is 13.1. The second kappa shape index (κ2) is 21.1. The predicted octanol–water partition coefficient (Wildman–Crippen LogP) is 5.69. The highest BCUT2D eigenvalue weighted by molar-refractivity contribution is 5.91. The molecule has 0 bridgehead atoms. The van der Waals surface area contributed by atoms with Gasteiger partial charge >= 0.3 is 0 Å². The van der Waals surface area contributed by atoms with Gasteiger partial charge in [0.1, 0.15) is 54.6 Å². The Kier molecular flexibility index (Phi) is 14.7. The third kappa shape index (κ3) is 10.2. The summed E-state index contributed by atoms with van der Waals surface area (Å²) in [6.45, 7) is -0.701. The van der Waals surface area contributed by atoms with Crippen LogP contribution in [-0.4, -0.2) is 96.3 Å². The van der Waals surface area contributed by atoms with Crippen LogP contribution in [0, 0.1) is 22.7 Å². The molecule has 6 aromatic rings. The number of hydrogen-bond donors (Lipinski definition) is 2. The summed E-state index contributed by atoms with van der Waals surface area (Å²) in [5.74, 6) is 1.11. The van der Waals surface area contributed by atoms with Gasteiger partial charge in [0.2, 0.25) is 11.8 Å². The van der Waals surface area contributed by atoms with E-state index >= 15 is 0 Å². The van der Waals surface area contributed by atoms with Crippen molar-refractivity contribution in [3.05, 3.63) is 132 Å². The number of fused-ring (bicyclic) bond motifs is 1. The van der Waals surface area contributed by atoms with Gasteiger partial charge < -0.3 is 43.0 Å². The number of nitriles is 2. The van der Waals surface area contributed by atoms with E-state index in [0.29, 0.717) is 17.2 Å². The Bertz CT molecular complexity index is 2450. The molecule has 17 nitrogen and oxygen atoms in total. The number of para-hydroxylation sites is 1. The van der Waals surface area contributed by atoms with Crippen LogP contribution in [0.25, 0.3) is 11.2 Å². The molecule has 4 aromatic carbocycles. The molecule has 2 aromatic heterocycles. The minimum absolute atomic E-state index is 0.00404. The first-order valence-corrected chi connectivity index (χ1v) is 20.0. The standard InChI is InChI=1S/C46H45N7O10/c1-56-34-19-15-32(16-20-34)46(31-11-5-3-6-12-31,33-17-21-35(57-2)22-18-33)62-27-37-40(55)41(61-30-58-25-9-23-47)44(63-37)53-29-49-39-42(53)51-45(52-43(39)59-26-10-24-48)50-38(54)28-60-36-13-7-4-8-14-36/h3-8,11-22,29,37,40-41,44,55H,9-10,25-28,30H2,1-2H3,(H,50,51,52,54)/t37-,40-,41-,44-/m1/s1. The van der Waals surface area contributed by atoms with Gasteiger partial charge in [-0.05, 0) is 53.1 Å². The molecule has 0 aliphatic carbocycles. The summed E-state index contributed by atoms with van der Waals surface area (Å²) in [6.07, 6.45) is -2.91. The van der Waals surface area contributed by atoms with Crippen LogP contribution in [0.15, 0.2) is 116 Å². The van der Waals surface area contributed by atoms with Crippen molar-refractivity contribution >= 4 is 23.0 Å². The summed E-state index contributed by atoms with van der Waals surface area (Å²) in [6, 6.07) is 37.7. The van der Waals surface area contributed by atoms with Crippen LogP contribution >= 0.6 is 0 Å². The fourth-order valence-electron chi connectivity index (χ4n) is 7.10. The van der Waals surface area contributed by atoms with E-state index in [9.17, 15) is 15.2 Å². The third-order valence-electron chi connectivity index (χ3n) is 10.1. The zero-order valence-electron chi connectivity index (χ0n) is 34.5. The summed E-state index contributed by atoms with van der Waals surface area (Å²) in [5, 5.41) is 33.0. The number of carbonyl (C=O) groups excluding carboxylic acids is 1. The van der Waals surface area contributed by atoms with Crippen LogP contribution in [0.4, 0.5) is 5.95 Å². The Morgan fingerprint density at radius 2 is 1.43 bits per heavy atom. The molecule has 4 atom stereocenters. The van der Waals surface area contributed by atoms with E-state index in [1.165, 1.54) is 10.9 Å². The van der Waals surface area contributed by atoms with Crippen LogP contribution in [0.1, 0.15) is 35.8 Å². The molecule has 63 heavy (non-hydrogen) atoms. The van der Waals surface area contributed by atoms with Gasteiger partial charge in [0.25, 0.3) is 5.91 Å². The molecule has 3 heterocycles. The number of amides is 1. The minimum Gasteiger partial charge on any atom is -0.497 e. The number of aliphatic hydroxyl groups excluding tert-OH is 1. The fraction of sp³-hybridized carbons (Fsp3) is 0.304. The van der Waals surface area contributed by atoms with Crippen molar-refractivity contribution in [2.75, 3.05) is 52.8 Å². The topological polar surface area (TPSA) is 214 Å². The average molecular weight is 856 g/mol. The minimum atomic E-state index is -1.31. The van der Waals surface area contributed by atoms with Gasteiger partial charge in [-0.1, -0.05) is 72.8 Å². The van der Waals surface area contributed by atoms with Crippen molar-refractivity contribution < 1.29 is 47.8 Å². The zero-order valence-corrected chi connectivity index (χ0v) is 34.5. The van der Waals surface area contributed by atoms with E-state index in [2.05, 4.69) is 20.3 Å². The third-order valence-corrected chi connectivity index (χ3v) is 10.1. The smallest absolute Gasteiger partial charge is 0.264 e. The maximum atomic E-state index is 13.1. The van der Waals surface area contributed by atoms with E-state index in [4.69, 9.17) is 43.2 Å². The zero-order chi connectivity index (χ0) is 44.0. The second-order valence-corrected chi connectivity index (χ2v) is 14.0. The molecule has 1 aliphatic rings. The van der Waals surface area contributed by atoms with Gasteiger partial charge in [-0.2, -0.15) is 20.5 Å². The lowest BCUT2D eigenvalue weighted by Crippen LogP contribution is -2.40. The van der Waals surface area contributed by atoms with Crippen LogP contribution in [0.5, 0.6) is 23.1 Å². The summed E-state index contributed by atoms with van der Waals surface area (Å²) >= 11 is 0. The molecule has 1 fully saturated rings. The van der Waals surface area contributed by atoms with Gasteiger partial charge in [0.15, 0.2) is 24.0 Å². The van der Waals surface area contributed by atoms with E-state index in [1.807, 2.05) is 97.1 Å². The molecule has 2 N–H and O–H groups in total. The number of ether oxygens (including phenoxy) is 8. The average Bonchev–Trinajstić information content (AvgIpc) is 3.89. The van der Waals surface area contributed by atoms with Gasteiger partial charge in [0, 0.05) is 0 Å². The summed E-state index contributed by atoms with van der Waals surface area (Å²) in [7, 11) is 3.19. The van der Waals surface area contributed by atoms with Crippen LogP contribution in [-0.2, 0) is 29.3 Å². The molecular weight excluding hydrogens is 811 g/mol. The second-order valence-electron chi connectivity index (χ2n) is 14.0. The van der Waals surface area contributed by atoms with E-state index < -0.39 is 36.0 Å². The largest absolute Gasteiger partial charge is 0.497 e. The number of nitrogens with one attached hydrogen (secondary N) is 1. The Morgan fingerprint density at radius 1 is 0.810 bits per heavy atom. The number of carbonyl (C=O) groups is 1. The number of methoxy groups -OCH3 is 2. The lowest BCUT2D eigenvalue weighted by atomic mass is 9.80. The summed E-state index contributed by atoms with van der Waals surface area (Å²) in [4.78, 5) is 26.6. The number of benzene rings is 4. The van der Waals surface area contributed by atoms with Crippen molar-refractivity contribution in [2.45, 2.75) is 43.0 Å². The molecular formula is C46H45N7O10. The highest BCUT2D eigenvalue weighted by Gasteiger charge is 2.48. The first kappa shape index (κ1) is 44.0. The molecule has 1 saturated heterocycles. The van der Waals surface area contributed by atoms with Gasteiger partial charge in [-0.15, -0.1) is 0 Å². The van der Waals surface area contributed by atoms with Crippen molar-refractivity contribution in [1.82, 2.24) is 19.5 Å². The summed E-state index contributed by atoms with van der Waals surface area (Å²) < 4.78 is 49.5. The van der Waals surface area contributed by atoms with Crippen molar-refractivity contribution in [3.8, 4) is 35.3 Å². The molecule has 0 spiro atoms. The quantitative estimate of drug-likeness (QED) is 0.0505. The number of aliphatic hydroxyl groups is 1. The summed E-state index contributed by atoms with van der Waals surface area (Å²) in [5.41, 5.74) is 1.45. The molecule has 0 radical (unpaired) electrons. The van der Waals surface area contributed by atoms with Gasteiger partial charge in [0.05, 0.1) is 58.7 Å². The highest BCUT2D eigenvalue weighted by Crippen LogP contribution is 2.43. The van der Waals surface area contributed by atoms with Crippen LogP contribution in [0.2, 0.25) is 0 Å². The Balaban J connectivity index is 1.24. The Morgan fingerprint density at radius 3 is 2.06 bits per heavy atom. The molecule has 1 aliphatic heterocycles. The predicted molar refractivity (Wildman–Crippen MR) is 226 cm³/mol. The molecule has 1 amide bonds. The number of aromatic nitrogens is 4. The molecule has 0 saturated carbocycles. The SMILES string of the molecule is COc1ccc(C(OC[C@H]2O[C@@H](n3cnc4c(OCCC#N)nc(NC(=O)COc5ccccc5)nc43)[C@H](OCOCCC#N)[C@@H]2O)(c2ccccc2)c2ccc(OC)cc2)cc1. The number of imidazole rings is 1. The Hall–Kier alpha value is -7.12. The lowest BCUT2D eigenvalue weighted by molar-refractivity contribution is -0.137. The van der Waals surface area contributed by atoms with Crippen molar-refractivity contribution in [3.63, 3.8) is 0 Å². The maximum Gasteiger partial charge on any atom is 0.264 e. The van der Waals surface area contributed by atoms with Crippen LogP contribution in [0.3, 0.4) is 0 Å². The van der Waals surface area contributed by atoms with Crippen molar-refractivity contribution in [1.29, 1.82) is 10.5 Å². The fourth-order valence-corrected chi connectivity index (χ4v) is 7.10. The molecule has 0 unspecified atom stereocenters. The number of anilines is 1. The number of nitrogens with zero attached hydrogens (tertiary/aromatic N) is 6. The number of rotatable bonds is 21. The van der Waals surface area contributed by atoms with Crippen LogP contribution < -0.4 is 24.3 Å². The molecule has 17 heteroatoms. The van der Waals surface area contributed by atoms with Gasteiger partial charge in [-0.3, -0.25) is 14.7 Å². The normalized spacial score (nSPS) is 17.1. The Labute approximate surface area is 363 Å². The van der Waals surface area contributed by atoms with E-state index in [1.54, 1.807) is 38.5 Å². The molecule has 324 valence electrons. The van der Waals surface area contributed by atoms with Gasteiger partial charge in [-0.25, -0.2) is 4.98 Å². The monoisotopic (exact) mass is 855 g/mol. The van der Waals surface area contributed by atoms with E-state index in [-0.39, 0.29) is 69.1 Å². The first-order chi connectivity index (χ1) is 30.9. The highest BCUT2D eigenvalue weighted by atomic mass is 16.7. The first-order valence-electron chi connectivity index (χ1n) is 20.0. The molecule has 7 rings (SSSR count). The van der Waals surface area contributed by atoms with E-state index in [0.717, 1.165) is 16.7 Å². The number of hydrogen-bond acceptors (Lipinski definition) is 15. The lowest BCUT2D eigenvalue weighted by Gasteiger charge is -2.37.